The molecule has 2 saturated carbocycles. The van der Waals surface area contributed by atoms with E-state index in [9.17, 15) is 9.59 Å². The van der Waals surface area contributed by atoms with E-state index in [0.29, 0.717) is 12.8 Å². The average Bonchev–Trinajstić information content (AvgIpc) is 3.21. The molecule has 0 radical (unpaired) electrons. The Hall–Kier alpha value is -1.09. The van der Waals surface area contributed by atoms with Crippen LogP contribution in [-0.2, 0) is 9.59 Å². The Morgan fingerprint density at radius 1 is 1.00 bits per heavy atom. The van der Waals surface area contributed by atoms with E-state index in [2.05, 4.69) is 25.3 Å². The van der Waals surface area contributed by atoms with Crippen LogP contribution in [0, 0.1) is 26.7 Å². The molecule has 0 heterocycles. The van der Waals surface area contributed by atoms with Crippen LogP contribution in [0.25, 0.3) is 0 Å². The van der Waals surface area contributed by atoms with Gasteiger partial charge in [-0.15, -0.1) is 0 Å². The third-order valence-corrected chi connectivity index (χ3v) is 7.01. The topological polar surface area (TPSA) is 34.1 Å². The quantitative estimate of drug-likeness (QED) is 0.786. The standard InChI is InChI=1S/C19H24O2S/c1-11-7-12(2)17(13(3)8-11)18-15(20)9-14(10-16(18)21)19(22-4)5-6-19/h7-8,14,18H,5-6,9-10H2,1-4H3. The van der Waals surface area contributed by atoms with E-state index in [1.54, 1.807) is 0 Å². The van der Waals surface area contributed by atoms with Gasteiger partial charge in [-0.25, -0.2) is 0 Å². The minimum atomic E-state index is -0.519. The molecule has 0 bridgehead atoms. The molecular formula is C19H24O2S. The molecule has 0 spiro atoms. The van der Waals surface area contributed by atoms with Crippen LogP contribution in [0.1, 0.15) is 53.9 Å². The number of carbonyl (C=O) groups excluding carboxylic acids is 2. The third-order valence-electron chi connectivity index (χ3n) is 5.46. The van der Waals surface area contributed by atoms with Gasteiger partial charge in [0, 0.05) is 17.6 Å². The molecule has 0 amide bonds. The molecule has 1 aromatic rings. The molecule has 0 aliphatic heterocycles. The first-order valence-corrected chi connectivity index (χ1v) is 9.29. The fourth-order valence-electron chi connectivity index (χ4n) is 4.22. The van der Waals surface area contributed by atoms with E-state index in [0.717, 1.165) is 29.5 Å². The predicted molar refractivity (Wildman–Crippen MR) is 91.6 cm³/mol. The molecule has 2 aliphatic carbocycles. The lowest BCUT2D eigenvalue weighted by atomic mass is 9.73. The summed E-state index contributed by atoms with van der Waals surface area (Å²) in [6, 6.07) is 4.17. The Kier molecular flexibility index (Phi) is 3.96. The lowest BCUT2D eigenvalue weighted by molar-refractivity contribution is -0.133. The van der Waals surface area contributed by atoms with Crippen molar-refractivity contribution in [1.82, 2.24) is 0 Å². The zero-order valence-corrected chi connectivity index (χ0v) is 14.7. The van der Waals surface area contributed by atoms with Gasteiger partial charge in [0.2, 0.25) is 0 Å². The Balaban J connectivity index is 1.91. The molecule has 2 aliphatic rings. The van der Waals surface area contributed by atoms with Crippen LogP contribution in [0.15, 0.2) is 12.1 Å². The minimum absolute atomic E-state index is 0.136. The van der Waals surface area contributed by atoms with E-state index in [-0.39, 0.29) is 22.2 Å². The highest BCUT2D eigenvalue weighted by Crippen LogP contribution is 2.57. The molecule has 22 heavy (non-hydrogen) atoms. The van der Waals surface area contributed by atoms with Gasteiger partial charge in [0.1, 0.15) is 17.5 Å². The van der Waals surface area contributed by atoms with Gasteiger partial charge < -0.3 is 0 Å². The molecule has 0 saturated heterocycles. The molecule has 3 rings (SSSR count). The van der Waals surface area contributed by atoms with Gasteiger partial charge in [0.05, 0.1) is 0 Å². The number of benzene rings is 1. The fourth-order valence-corrected chi connectivity index (χ4v) is 5.23. The molecule has 0 unspecified atom stereocenters. The highest BCUT2D eigenvalue weighted by Gasteiger charge is 2.53. The summed E-state index contributed by atoms with van der Waals surface area (Å²) in [4.78, 5) is 25.5. The van der Waals surface area contributed by atoms with E-state index >= 15 is 0 Å². The van der Waals surface area contributed by atoms with Crippen molar-refractivity contribution in [2.24, 2.45) is 5.92 Å². The Bertz CT molecular complexity index is 602. The van der Waals surface area contributed by atoms with Crippen LogP contribution < -0.4 is 0 Å². The monoisotopic (exact) mass is 316 g/mol. The summed E-state index contributed by atoms with van der Waals surface area (Å²) in [5, 5.41) is 0. The van der Waals surface area contributed by atoms with Gasteiger partial charge in [0.15, 0.2) is 0 Å². The number of hydrogen-bond donors (Lipinski definition) is 0. The number of carbonyl (C=O) groups is 2. The molecule has 2 fully saturated rings. The number of hydrogen-bond acceptors (Lipinski definition) is 3. The van der Waals surface area contributed by atoms with Crippen LogP contribution in [-0.4, -0.2) is 22.6 Å². The largest absolute Gasteiger partial charge is 0.299 e. The van der Waals surface area contributed by atoms with Crippen LogP contribution in [0.2, 0.25) is 0 Å². The van der Waals surface area contributed by atoms with E-state index < -0.39 is 5.92 Å². The van der Waals surface area contributed by atoms with Crippen molar-refractivity contribution in [2.45, 2.75) is 57.1 Å². The molecule has 3 heteroatoms. The van der Waals surface area contributed by atoms with Crippen molar-refractivity contribution in [3.05, 3.63) is 34.4 Å². The van der Waals surface area contributed by atoms with E-state index in [1.807, 2.05) is 25.6 Å². The maximum atomic E-state index is 12.8. The first-order valence-electron chi connectivity index (χ1n) is 8.06. The molecule has 0 aromatic heterocycles. The summed E-state index contributed by atoms with van der Waals surface area (Å²) in [5.41, 5.74) is 4.31. The second-order valence-electron chi connectivity index (χ2n) is 7.05. The van der Waals surface area contributed by atoms with Crippen LogP contribution >= 0.6 is 11.8 Å². The predicted octanol–water partition coefficient (Wildman–Crippen LogP) is 4.14. The summed E-state index contributed by atoms with van der Waals surface area (Å²) in [5.74, 6) is 0.00701. The van der Waals surface area contributed by atoms with Crippen LogP contribution in [0.4, 0.5) is 0 Å². The summed E-state index contributed by atoms with van der Waals surface area (Å²) in [7, 11) is 0. The van der Waals surface area contributed by atoms with E-state index in [1.165, 1.54) is 5.56 Å². The Labute approximate surface area is 137 Å². The molecule has 0 N–H and O–H groups in total. The molecule has 0 atom stereocenters. The number of rotatable bonds is 3. The van der Waals surface area contributed by atoms with Crippen LogP contribution in [0.3, 0.4) is 0 Å². The van der Waals surface area contributed by atoms with Gasteiger partial charge in [0.25, 0.3) is 0 Å². The summed E-state index contributed by atoms with van der Waals surface area (Å²) in [6.45, 7) is 6.10. The highest BCUT2D eigenvalue weighted by atomic mass is 32.2. The Morgan fingerprint density at radius 3 is 1.91 bits per heavy atom. The summed E-state index contributed by atoms with van der Waals surface area (Å²) in [6.07, 6.45) is 5.58. The first kappa shape index (κ1) is 15.8. The lowest BCUT2D eigenvalue weighted by Gasteiger charge is -2.32. The fraction of sp³-hybridized carbons (Fsp3) is 0.579. The van der Waals surface area contributed by atoms with Gasteiger partial charge >= 0.3 is 0 Å². The van der Waals surface area contributed by atoms with Gasteiger partial charge in [-0.05, 0) is 62.5 Å². The smallest absolute Gasteiger partial charge is 0.148 e. The normalized spacial score (nSPS) is 27.1. The maximum absolute atomic E-state index is 12.8. The average molecular weight is 316 g/mol. The van der Waals surface area contributed by atoms with Gasteiger partial charge in [-0.1, -0.05) is 17.7 Å². The molecule has 118 valence electrons. The second-order valence-corrected chi connectivity index (χ2v) is 8.27. The van der Waals surface area contributed by atoms with Crippen molar-refractivity contribution >= 4 is 23.3 Å². The number of Topliss-reactive ketones (excluding diaryl/α,β-unsaturated/α-hetero) is 2. The zero-order valence-electron chi connectivity index (χ0n) is 13.9. The van der Waals surface area contributed by atoms with Crippen molar-refractivity contribution in [3.63, 3.8) is 0 Å². The van der Waals surface area contributed by atoms with Gasteiger partial charge in [-0.3, -0.25) is 9.59 Å². The third kappa shape index (κ3) is 2.54. The minimum Gasteiger partial charge on any atom is -0.299 e. The molecule has 1 aromatic carbocycles. The van der Waals surface area contributed by atoms with E-state index in [4.69, 9.17) is 0 Å². The zero-order chi connectivity index (χ0) is 16.1. The second kappa shape index (κ2) is 5.52. The highest BCUT2D eigenvalue weighted by molar-refractivity contribution is 8.00. The first-order chi connectivity index (χ1) is 10.4. The van der Waals surface area contributed by atoms with Gasteiger partial charge in [-0.2, -0.15) is 11.8 Å². The molecule has 2 nitrogen and oxygen atoms in total. The maximum Gasteiger partial charge on any atom is 0.148 e. The summed E-state index contributed by atoms with van der Waals surface area (Å²) >= 11 is 1.85. The SMILES string of the molecule is CSC1(C2CC(=O)C(c3c(C)cc(C)cc3C)C(=O)C2)CC1. The summed E-state index contributed by atoms with van der Waals surface area (Å²) < 4.78 is 0.216. The van der Waals surface area contributed by atoms with Crippen molar-refractivity contribution in [3.8, 4) is 0 Å². The van der Waals surface area contributed by atoms with Crippen molar-refractivity contribution < 1.29 is 9.59 Å². The van der Waals surface area contributed by atoms with Crippen molar-refractivity contribution in [1.29, 1.82) is 0 Å². The number of ketones is 2. The molecular weight excluding hydrogens is 292 g/mol. The number of aryl methyl sites for hydroxylation is 3. The van der Waals surface area contributed by atoms with Crippen molar-refractivity contribution in [2.75, 3.05) is 6.26 Å². The number of thioether (sulfide) groups is 1. The lowest BCUT2D eigenvalue weighted by Crippen LogP contribution is -2.37. The Morgan fingerprint density at radius 2 is 1.50 bits per heavy atom. The van der Waals surface area contributed by atoms with Crippen LogP contribution in [0.5, 0.6) is 0 Å².